The van der Waals surface area contributed by atoms with E-state index in [1.54, 1.807) is 30.3 Å². The lowest BCUT2D eigenvalue weighted by atomic mass is 9.76. The molecule has 0 unspecified atom stereocenters. The molecule has 3 aliphatic rings. The Morgan fingerprint density at radius 2 is 1.59 bits per heavy atom. The summed E-state index contributed by atoms with van der Waals surface area (Å²) in [6.07, 6.45) is 2.33. The van der Waals surface area contributed by atoms with Crippen LogP contribution in [0.2, 0.25) is 0 Å². The highest BCUT2D eigenvalue weighted by Gasteiger charge is 2.54. The standard InChI is InChI=1S/C23H26N4O4S/c28-21-23(12-6-8-18-7-4-5-11-20(18)23)24-22(29)27(21)17-25-13-15-26(16-14-25)32(30,31)19-9-2-1-3-10-19/h1-5,7,9-11H,6,8,12-17H2,(H,24,29)/t23-/m1/s1. The monoisotopic (exact) mass is 454 g/mol. The van der Waals surface area contributed by atoms with Crippen molar-refractivity contribution in [2.75, 3.05) is 32.8 Å². The SMILES string of the molecule is O=C1N[C@@]2(CCCc3ccccc32)C(=O)N1CN1CCN(S(=O)(=O)c2ccccc2)CC1. The van der Waals surface area contributed by atoms with Crippen molar-refractivity contribution in [3.63, 3.8) is 0 Å². The van der Waals surface area contributed by atoms with Crippen LogP contribution < -0.4 is 5.32 Å². The van der Waals surface area contributed by atoms with Crippen molar-refractivity contribution < 1.29 is 18.0 Å². The molecule has 168 valence electrons. The molecule has 0 saturated carbocycles. The van der Waals surface area contributed by atoms with Crippen molar-refractivity contribution in [2.45, 2.75) is 29.7 Å². The lowest BCUT2D eigenvalue weighted by Crippen LogP contribution is -2.53. The maximum Gasteiger partial charge on any atom is 0.326 e. The van der Waals surface area contributed by atoms with Gasteiger partial charge in [-0.15, -0.1) is 0 Å². The van der Waals surface area contributed by atoms with E-state index in [-0.39, 0.29) is 23.5 Å². The fourth-order valence-corrected chi connectivity index (χ4v) is 6.44. The zero-order chi connectivity index (χ0) is 22.3. The Kier molecular flexibility index (Phi) is 5.27. The third-order valence-electron chi connectivity index (χ3n) is 6.70. The van der Waals surface area contributed by atoms with Crippen LogP contribution in [0, 0.1) is 0 Å². The van der Waals surface area contributed by atoms with Gasteiger partial charge < -0.3 is 5.32 Å². The van der Waals surface area contributed by atoms with Crippen molar-refractivity contribution in [1.82, 2.24) is 19.4 Å². The Bertz CT molecular complexity index is 1150. The second-order valence-corrected chi connectivity index (χ2v) is 10.5. The highest BCUT2D eigenvalue weighted by Crippen LogP contribution is 2.39. The predicted molar refractivity (Wildman–Crippen MR) is 118 cm³/mol. The summed E-state index contributed by atoms with van der Waals surface area (Å²) < 4.78 is 27.1. The number of amides is 3. The van der Waals surface area contributed by atoms with E-state index in [9.17, 15) is 18.0 Å². The van der Waals surface area contributed by atoms with E-state index in [1.807, 2.05) is 29.2 Å². The molecule has 0 bridgehead atoms. The number of sulfonamides is 1. The molecular weight excluding hydrogens is 428 g/mol. The average molecular weight is 455 g/mol. The summed E-state index contributed by atoms with van der Waals surface area (Å²) in [5.74, 6) is -0.214. The number of fused-ring (bicyclic) bond motifs is 2. The molecule has 1 spiro atoms. The number of hydrogen-bond donors (Lipinski definition) is 1. The Labute approximate surface area is 187 Å². The molecule has 1 N–H and O–H groups in total. The summed E-state index contributed by atoms with van der Waals surface area (Å²) in [5.41, 5.74) is 1.02. The van der Waals surface area contributed by atoms with Crippen LogP contribution in [0.4, 0.5) is 4.79 Å². The van der Waals surface area contributed by atoms with Gasteiger partial charge in [-0.25, -0.2) is 18.1 Å². The molecule has 2 heterocycles. The fraction of sp³-hybridized carbons (Fsp3) is 0.391. The van der Waals surface area contributed by atoms with Crippen LogP contribution in [0.15, 0.2) is 59.5 Å². The van der Waals surface area contributed by atoms with Gasteiger partial charge in [0, 0.05) is 26.2 Å². The fourth-order valence-electron chi connectivity index (χ4n) is 4.99. The van der Waals surface area contributed by atoms with E-state index >= 15 is 0 Å². The summed E-state index contributed by atoms with van der Waals surface area (Å²) in [5, 5.41) is 2.97. The van der Waals surface area contributed by atoms with Gasteiger partial charge >= 0.3 is 6.03 Å². The molecule has 9 heteroatoms. The quantitative estimate of drug-likeness (QED) is 0.711. The summed E-state index contributed by atoms with van der Waals surface area (Å²) >= 11 is 0. The highest BCUT2D eigenvalue weighted by atomic mass is 32.2. The number of benzene rings is 2. The molecule has 2 aromatic carbocycles. The first kappa shape index (κ1) is 21.1. The van der Waals surface area contributed by atoms with E-state index < -0.39 is 15.6 Å². The average Bonchev–Trinajstić information content (AvgIpc) is 3.05. The Hall–Kier alpha value is -2.75. The molecule has 2 saturated heterocycles. The second-order valence-electron chi connectivity index (χ2n) is 8.56. The topological polar surface area (TPSA) is 90.0 Å². The Morgan fingerprint density at radius 1 is 0.906 bits per heavy atom. The second kappa shape index (κ2) is 7.99. The van der Waals surface area contributed by atoms with Crippen LogP contribution in [0.5, 0.6) is 0 Å². The molecule has 5 rings (SSSR count). The van der Waals surface area contributed by atoms with Crippen LogP contribution in [-0.2, 0) is 26.8 Å². The zero-order valence-corrected chi connectivity index (χ0v) is 18.6. The maximum atomic E-state index is 13.4. The Morgan fingerprint density at radius 3 is 2.34 bits per heavy atom. The molecule has 1 atom stereocenters. The van der Waals surface area contributed by atoms with E-state index in [2.05, 4.69) is 5.32 Å². The van der Waals surface area contributed by atoms with Gasteiger partial charge in [0.1, 0.15) is 5.54 Å². The first-order chi connectivity index (χ1) is 15.4. The molecule has 2 aliphatic heterocycles. The molecule has 0 radical (unpaired) electrons. The first-order valence-corrected chi connectivity index (χ1v) is 12.4. The van der Waals surface area contributed by atoms with Crippen LogP contribution in [0.1, 0.15) is 24.0 Å². The van der Waals surface area contributed by atoms with Gasteiger partial charge in [-0.3, -0.25) is 9.69 Å². The summed E-state index contributed by atoms with van der Waals surface area (Å²) in [4.78, 5) is 29.8. The van der Waals surface area contributed by atoms with E-state index in [1.165, 1.54) is 9.21 Å². The van der Waals surface area contributed by atoms with Crippen LogP contribution in [0.25, 0.3) is 0 Å². The predicted octanol–water partition coefficient (Wildman–Crippen LogP) is 1.73. The molecule has 0 aromatic heterocycles. The zero-order valence-electron chi connectivity index (χ0n) is 17.7. The van der Waals surface area contributed by atoms with Crippen molar-refractivity contribution >= 4 is 22.0 Å². The van der Waals surface area contributed by atoms with Crippen LogP contribution >= 0.6 is 0 Å². The normalized spacial score (nSPS) is 24.6. The van der Waals surface area contributed by atoms with Crippen molar-refractivity contribution in [2.24, 2.45) is 0 Å². The van der Waals surface area contributed by atoms with Gasteiger partial charge in [0.05, 0.1) is 11.6 Å². The lowest BCUT2D eigenvalue weighted by molar-refractivity contribution is -0.133. The lowest BCUT2D eigenvalue weighted by Gasteiger charge is -2.36. The molecule has 1 aliphatic carbocycles. The number of urea groups is 1. The number of nitrogens with zero attached hydrogens (tertiary/aromatic N) is 3. The van der Waals surface area contributed by atoms with Crippen LogP contribution in [-0.4, -0.2) is 67.3 Å². The minimum Gasteiger partial charge on any atom is -0.319 e. The van der Waals surface area contributed by atoms with Crippen molar-refractivity contribution in [3.8, 4) is 0 Å². The smallest absolute Gasteiger partial charge is 0.319 e. The number of nitrogens with one attached hydrogen (secondary N) is 1. The number of aryl methyl sites for hydroxylation is 1. The number of imide groups is 1. The minimum absolute atomic E-state index is 0.161. The van der Waals surface area contributed by atoms with Crippen LogP contribution in [0.3, 0.4) is 0 Å². The van der Waals surface area contributed by atoms with Gasteiger partial charge in [-0.1, -0.05) is 42.5 Å². The van der Waals surface area contributed by atoms with Gasteiger partial charge in [-0.05, 0) is 42.5 Å². The van der Waals surface area contributed by atoms with E-state index in [0.717, 1.165) is 24.0 Å². The molecular formula is C23H26N4O4S. The number of carbonyl (C=O) groups excluding carboxylic acids is 2. The van der Waals surface area contributed by atoms with Gasteiger partial charge in [0.15, 0.2) is 0 Å². The first-order valence-electron chi connectivity index (χ1n) is 10.9. The molecule has 32 heavy (non-hydrogen) atoms. The highest BCUT2D eigenvalue weighted by molar-refractivity contribution is 7.89. The van der Waals surface area contributed by atoms with Gasteiger partial charge in [-0.2, -0.15) is 4.31 Å². The van der Waals surface area contributed by atoms with Crippen molar-refractivity contribution in [3.05, 3.63) is 65.7 Å². The third kappa shape index (κ3) is 3.41. The van der Waals surface area contributed by atoms with E-state index in [0.29, 0.717) is 32.6 Å². The third-order valence-corrected chi connectivity index (χ3v) is 8.62. The molecule has 2 fully saturated rings. The van der Waals surface area contributed by atoms with E-state index in [4.69, 9.17) is 0 Å². The minimum atomic E-state index is -3.54. The van der Waals surface area contributed by atoms with Gasteiger partial charge in [0.2, 0.25) is 10.0 Å². The van der Waals surface area contributed by atoms with Crippen molar-refractivity contribution in [1.29, 1.82) is 0 Å². The Balaban J connectivity index is 1.28. The number of rotatable bonds is 4. The number of piperazine rings is 1. The summed E-state index contributed by atoms with van der Waals surface area (Å²) in [7, 11) is -3.54. The molecule has 3 amide bonds. The maximum absolute atomic E-state index is 13.4. The largest absolute Gasteiger partial charge is 0.326 e. The number of carbonyl (C=O) groups is 2. The summed E-state index contributed by atoms with van der Waals surface area (Å²) in [6.45, 7) is 1.69. The van der Waals surface area contributed by atoms with Gasteiger partial charge in [0.25, 0.3) is 5.91 Å². The molecule has 8 nitrogen and oxygen atoms in total. The number of hydrogen-bond acceptors (Lipinski definition) is 5. The molecule has 2 aromatic rings. The summed E-state index contributed by atoms with van der Waals surface area (Å²) in [6, 6.07) is 15.8.